The van der Waals surface area contributed by atoms with Gasteiger partial charge in [-0.15, -0.1) is 0 Å². The molecule has 1 N–H and O–H groups in total. The number of likely N-dealkylation sites (tertiary alicyclic amines) is 1. The lowest BCUT2D eigenvalue weighted by atomic mass is 9.94. The topological polar surface area (TPSA) is 190 Å². The van der Waals surface area contributed by atoms with E-state index >= 15 is 0 Å². The molecule has 2 aromatic carbocycles. The van der Waals surface area contributed by atoms with Crippen LogP contribution in [0.15, 0.2) is 36.4 Å². The Labute approximate surface area is 422 Å². The lowest BCUT2D eigenvalue weighted by molar-refractivity contribution is -0.145. The number of carbonyl (C=O) groups is 5. The van der Waals surface area contributed by atoms with Crippen molar-refractivity contribution in [1.82, 2.24) is 20.0 Å². The maximum atomic E-state index is 13.9. The van der Waals surface area contributed by atoms with Crippen LogP contribution in [0.4, 0.5) is 4.79 Å². The fourth-order valence-corrected chi connectivity index (χ4v) is 8.69. The summed E-state index contributed by atoms with van der Waals surface area (Å²) in [5.41, 5.74) is 0.327. The molecule has 2 aliphatic heterocycles. The summed E-state index contributed by atoms with van der Waals surface area (Å²) in [6.45, 7) is 20.5. The van der Waals surface area contributed by atoms with Gasteiger partial charge in [-0.2, -0.15) is 0 Å². The Morgan fingerprint density at radius 3 is 1.55 bits per heavy atom. The van der Waals surface area contributed by atoms with Crippen LogP contribution >= 0.6 is 0 Å². The van der Waals surface area contributed by atoms with Crippen LogP contribution < -0.4 is 24.3 Å². The molecule has 400 valence electrons. The number of rotatable bonds is 24. The molecule has 0 aliphatic carbocycles. The number of piperidine rings is 2. The first-order chi connectivity index (χ1) is 33.8. The molecular formula is C53H84N4O14. The highest BCUT2D eigenvalue weighted by Crippen LogP contribution is 2.33. The van der Waals surface area contributed by atoms with E-state index in [1.54, 1.807) is 102 Å². The molecule has 0 unspecified atom stereocenters. The molecular weight excluding hydrogens is 917 g/mol. The Morgan fingerprint density at radius 2 is 1.13 bits per heavy atom. The van der Waals surface area contributed by atoms with E-state index in [0.717, 1.165) is 19.3 Å². The summed E-state index contributed by atoms with van der Waals surface area (Å²) in [7, 11) is 6.42. The molecule has 18 nitrogen and oxygen atoms in total. The van der Waals surface area contributed by atoms with Crippen molar-refractivity contribution in [3.63, 3.8) is 0 Å². The van der Waals surface area contributed by atoms with Gasteiger partial charge in [0.15, 0.2) is 23.0 Å². The van der Waals surface area contributed by atoms with Gasteiger partial charge in [0.05, 0.1) is 59.5 Å². The molecule has 0 aromatic heterocycles. The van der Waals surface area contributed by atoms with Crippen LogP contribution in [0.1, 0.15) is 134 Å². The standard InChI is InChI=1S/C29H46N2O8.C24H38N2O6/c1-9-37-26(32)18-22-12-13-23(19-30(22)28(34)39-29(4,5)6)31(20(2)3)27(33)21-11-14-24(36-8)25(17-21)38-16-10-15-35-7;1-6-31-23(27)15-19-9-10-20(16-25-19)26(17(2)3)24(28)18-8-11-21(30-5)22(14-18)32-13-7-12-29-4/h11,14,17,20,22-23H,9-10,12-13,15-16,18-19H2,1-8H3;8,11,14,17,19-20,25H,6-7,9-10,12-13,15-16H2,1-5H3/t22-,23-;19-,20-/m11/s1. The molecule has 2 aromatic rings. The van der Waals surface area contributed by atoms with Gasteiger partial charge in [0, 0.05) is 94.7 Å². The molecule has 0 bridgehead atoms. The van der Waals surface area contributed by atoms with Crippen molar-refractivity contribution in [3.05, 3.63) is 47.5 Å². The van der Waals surface area contributed by atoms with E-state index in [1.807, 2.05) is 39.5 Å². The number of hydrogen-bond donors (Lipinski definition) is 1. The minimum Gasteiger partial charge on any atom is -0.493 e. The van der Waals surface area contributed by atoms with Crippen LogP contribution in [-0.2, 0) is 33.3 Å². The van der Waals surface area contributed by atoms with Gasteiger partial charge in [-0.1, -0.05) is 0 Å². The van der Waals surface area contributed by atoms with E-state index in [0.29, 0.717) is 99.4 Å². The Balaban J connectivity index is 0.000000383. The molecule has 2 saturated heterocycles. The van der Waals surface area contributed by atoms with Crippen molar-refractivity contribution < 1.29 is 66.6 Å². The van der Waals surface area contributed by atoms with Crippen molar-refractivity contribution in [2.45, 2.75) is 156 Å². The van der Waals surface area contributed by atoms with Crippen LogP contribution in [0.5, 0.6) is 23.0 Å². The van der Waals surface area contributed by atoms with Crippen molar-refractivity contribution in [2.75, 3.05) is 81.2 Å². The molecule has 2 aliphatic rings. The van der Waals surface area contributed by atoms with Crippen LogP contribution in [0.2, 0.25) is 0 Å². The van der Waals surface area contributed by atoms with E-state index < -0.39 is 11.7 Å². The third-order valence-corrected chi connectivity index (χ3v) is 11.9. The number of esters is 2. The summed E-state index contributed by atoms with van der Waals surface area (Å²) >= 11 is 0. The molecule has 4 rings (SSSR count). The van der Waals surface area contributed by atoms with Crippen LogP contribution in [-0.4, -0.2) is 168 Å². The predicted molar refractivity (Wildman–Crippen MR) is 270 cm³/mol. The summed E-state index contributed by atoms with van der Waals surface area (Å²) in [4.78, 5) is 69.9. The maximum Gasteiger partial charge on any atom is 0.410 e. The normalized spacial score (nSPS) is 17.9. The zero-order valence-corrected chi connectivity index (χ0v) is 44.8. The molecule has 71 heavy (non-hydrogen) atoms. The SMILES string of the molecule is CCOC(=O)C[C@H]1CC[C@@H](N(C(=O)c2ccc(OC)c(OCCCOC)c2)C(C)C)CN1.CCOC(=O)C[C@H]1CC[C@@H](N(C(=O)c2ccc(OC)c(OCCCOC)c2)C(C)C)CN1C(=O)OC(C)(C)C. The average molecular weight is 1000 g/mol. The molecule has 0 radical (unpaired) electrons. The molecule has 2 fully saturated rings. The first kappa shape index (κ1) is 60.0. The highest BCUT2D eigenvalue weighted by molar-refractivity contribution is 5.96. The smallest absolute Gasteiger partial charge is 0.410 e. The number of ether oxygens (including phenoxy) is 9. The van der Waals surface area contributed by atoms with Gasteiger partial charge in [-0.25, -0.2) is 4.79 Å². The lowest BCUT2D eigenvalue weighted by Crippen LogP contribution is -2.57. The summed E-state index contributed by atoms with van der Waals surface area (Å²) in [6, 6.07) is 9.83. The molecule has 18 heteroatoms. The highest BCUT2D eigenvalue weighted by Gasteiger charge is 2.40. The second kappa shape index (κ2) is 30.5. The van der Waals surface area contributed by atoms with E-state index in [2.05, 4.69) is 5.32 Å². The van der Waals surface area contributed by atoms with Crippen molar-refractivity contribution in [1.29, 1.82) is 0 Å². The monoisotopic (exact) mass is 1000 g/mol. The van der Waals surface area contributed by atoms with Gasteiger partial charge in [0.25, 0.3) is 11.8 Å². The summed E-state index contributed by atoms with van der Waals surface area (Å²) in [6.07, 6.45) is 4.19. The summed E-state index contributed by atoms with van der Waals surface area (Å²) in [5.74, 6) is 1.41. The van der Waals surface area contributed by atoms with E-state index in [9.17, 15) is 24.0 Å². The van der Waals surface area contributed by atoms with Crippen LogP contribution in [0, 0.1) is 0 Å². The predicted octanol–water partition coefficient (Wildman–Crippen LogP) is 7.72. The fraction of sp³-hybridized carbons (Fsp3) is 0.679. The fourth-order valence-electron chi connectivity index (χ4n) is 8.69. The second-order valence-electron chi connectivity index (χ2n) is 19.1. The average Bonchev–Trinajstić information content (AvgIpc) is 3.32. The van der Waals surface area contributed by atoms with E-state index in [1.165, 1.54) is 0 Å². The number of methoxy groups -OCH3 is 4. The quantitative estimate of drug-likeness (QED) is 0.0611. The van der Waals surface area contributed by atoms with Gasteiger partial charge < -0.3 is 62.6 Å². The first-order valence-corrected chi connectivity index (χ1v) is 25.1. The number of nitrogens with one attached hydrogen (secondary N) is 1. The Morgan fingerprint density at radius 1 is 0.648 bits per heavy atom. The third kappa shape index (κ3) is 19.3. The maximum absolute atomic E-state index is 13.9. The summed E-state index contributed by atoms with van der Waals surface area (Å²) < 4.78 is 48.6. The zero-order chi connectivity index (χ0) is 52.7. The van der Waals surface area contributed by atoms with Crippen molar-refractivity contribution in [3.8, 4) is 23.0 Å². The Kier molecular flexibility index (Phi) is 25.8. The zero-order valence-electron chi connectivity index (χ0n) is 44.8. The van der Waals surface area contributed by atoms with E-state index in [4.69, 9.17) is 42.6 Å². The lowest BCUT2D eigenvalue weighted by Gasteiger charge is -2.45. The highest BCUT2D eigenvalue weighted by atomic mass is 16.6. The number of nitrogens with zero attached hydrogens (tertiary/aromatic N) is 3. The van der Waals surface area contributed by atoms with Gasteiger partial charge in [-0.3, -0.25) is 19.2 Å². The van der Waals surface area contributed by atoms with E-state index in [-0.39, 0.29) is 79.6 Å². The molecule has 2 heterocycles. The van der Waals surface area contributed by atoms with Gasteiger partial charge in [0.2, 0.25) is 0 Å². The molecule has 0 spiro atoms. The number of carbonyl (C=O) groups excluding carboxylic acids is 5. The van der Waals surface area contributed by atoms with Crippen molar-refractivity contribution in [2.24, 2.45) is 0 Å². The molecule has 3 amide bonds. The van der Waals surface area contributed by atoms with Crippen LogP contribution in [0.25, 0.3) is 0 Å². The first-order valence-electron chi connectivity index (χ1n) is 25.1. The van der Waals surface area contributed by atoms with Crippen molar-refractivity contribution >= 4 is 29.8 Å². The third-order valence-electron chi connectivity index (χ3n) is 11.9. The van der Waals surface area contributed by atoms with Crippen LogP contribution in [0.3, 0.4) is 0 Å². The number of benzene rings is 2. The Hall–Kier alpha value is -5.33. The minimum atomic E-state index is -0.700. The summed E-state index contributed by atoms with van der Waals surface area (Å²) in [5, 5.41) is 3.42. The van der Waals surface area contributed by atoms with Gasteiger partial charge in [-0.05, 0) is 124 Å². The largest absolute Gasteiger partial charge is 0.493 e. The molecule has 4 atom stereocenters. The minimum absolute atomic E-state index is 0.0316. The Bertz CT molecular complexity index is 1960. The number of amides is 3. The van der Waals surface area contributed by atoms with Gasteiger partial charge >= 0.3 is 18.0 Å². The number of hydrogen-bond acceptors (Lipinski definition) is 15. The molecule has 0 saturated carbocycles. The van der Waals surface area contributed by atoms with Gasteiger partial charge in [0.1, 0.15) is 5.60 Å². The second-order valence-corrected chi connectivity index (χ2v) is 19.1.